The molecule has 0 radical (unpaired) electrons. The summed E-state index contributed by atoms with van der Waals surface area (Å²) in [7, 11) is -1.83. The molecule has 1 saturated heterocycles. The smallest absolute Gasteiger partial charge is 0.227 e. The van der Waals surface area contributed by atoms with Crippen LogP contribution in [0.4, 0.5) is 0 Å². The number of rotatable bonds is 3. The maximum Gasteiger partial charge on any atom is 0.227 e. The fraction of sp³-hybridized carbons (Fsp3) is 0.833. The molecular weight excluding hydrogens is 178 g/mol. The van der Waals surface area contributed by atoms with Gasteiger partial charge in [-0.25, -0.2) is 8.42 Å². The van der Waals surface area contributed by atoms with Crippen LogP contribution in [-0.4, -0.2) is 44.7 Å². The third-order valence-electron chi connectivity index (χ3n) is 1.96. The predicted molar refractivity (Wildman–Crippen MR) is 43.8 cm³/mol. The van der Waals surface area contributed by atoms with E-state index in [9.17, 15) is 8.42 Å². The first-order chi connectivity index (χ1) is 5.58. The average Bonchev–Trinajstić information content (AvgIpc) is 1.83. The Bertz CT molecular complexity index is 288. The van der Waals surface area contributed by atoms with Crippen molar-refractivity contribution in [1.29, 1.82) is 5.26 Å². The second-order valence-corrected chi connectivity index (χ2v) is 4.77. The van der Waals surface area contributed by atoms with E-state index in [1.54, 1.807) is 6.07 Å². The molecule has 0 aromatic heterocycles. The number of nitriles is 1. The summed E-state index contributed by atoms with van der Waals surface area (Å²) in [4.78, 5) is 0. The van der Waals surface area contributed by atoms with Crippen LogP contribution in [0.15, 0.2) is 0 Å². The Morgan fingerprint density at radius 1 is 1.67 bits per heavy atom. The van der Waals surface area contributed by atoms with Crippen molar-refractivity contribution in [1.82, 2.24) is 9.62 Å². The van der Waals surface area contributed by atoms with E-state index in [1.165, 1.54) is 11.4 Å². The van der Waals surface area contributed by atoms with Crippen LogP contribution >= 0.6 is 0 Å². The standard InChI is InChI=1S/C6H11N3O2S/c1-9(6-4-8-5-6)12(10,11)3-2-7/h6,8H,3-5H2,1H3. The zero-order chi connectivity index (χ0) is 9.19. The summed E-state index contributed by atoms with van der Waals surface area (Å²) in [6.07, 6.45) is 0. The third-order valence-corrected chi connectivity index (χ3v) is 3.63. The van der Waals surface area contributed by atoms with E-state index < -0.39 is 15.8 Å². The van der Waals surface area contributed by atoms with Crippen LogP contribution in [0.25, 0.3) is 0 Å². The average molecular weight is 189 g/mol. The molecule has 0 bridgehead atoms. The van der Waals surface area contributed by atoms with Gasteiger partial charge in [-0.05, 0) is 0 Å². The van der Waals surface area contributed by atoms with Crippen molar-refractivity contribution >= 4 is 10.0 Å². The summed E-state index contributed by atoms with van der Waals surface area (Å²) in [6, 6.07) is 1.67. The molecule has 1 aliphatic heterocycles. The summed E-state index contributed by atoms with van der Waals surface area (Å²) in [5, 5.41) is 11.2. The van der Waals surface area contributed by atoms with Gasteiger partial charge in [0.1, 0.15) is 0 Å². The van der Waals surface area contributed by atoms with E-state index in [-0.39, 0.29) is 6.04 Å². The zero-order valence-corrected chi connectivity index (χ0v) is 7.63. The van der Waals surface area contributed by atoms with Crippen LogP contribution in [0.1, 0.15) is 0 Å². The molecule has 0 amide bonds. The molecule has 1 aliphatic rings. The molecule has 1 rings (SSSR count). The first kappa shape index (κ1) is 9.45. The summed E-state index contributed by atoms with van der Waals surface area (Å²) >= 11 is 0. The van der Waals surface area contributed by atoms with Crippen molar-refractivity contribution in [2.75, 3.05) is 25.9 Å². The number of likely N-dealkylation sites (N-methyl/N-ethyl adjacent to an activating group) is 1. The van der Waals surface area contributed by atoms with Crippen LogP contribution in [0.2, 0.25) is 0 Å². The number of nitrogens with zero attached hydrogens (tertiary/aromatic N) is 2. The maximum atomic E-state index is 11.2. The lowest BCUT2D eigenvalue weighted by Gasteiger charge is -2.34. The van der Waals surface area contributed by atoms with E-state index in [2.05, 4.69) is 5.32 Å². The van der Waals surface area contributed by atoms with Gasteiger partial charge in [0.15, 0.2) is 5.75 Å². The molecule has 0 aliphatic carbocycles. The molecule has 5 nitrogen and oxygen atoms in total. The van der Waals surface area contributed by atoms with Gasteiger partial charge in [0.2, 0.25) is 10.0 Å². The lowest BCUT2D eigenvalue weighted by molar-refractivity contribution is 0.275. The largest absolute Gasteiger partial charge is 0.313 e. The van der Waals surface area contributed by atoms with Crippen molar-refractivity contribution in [2.45, 2.75) is 6.04 Å². The number of sulfonamides is 1. The minimum Gasteiger partial charge on any atom is -0.313 e. The van der Waals surface area contributed by atoms with Crippen molar-refractivity contribution < 1.29 is 8.42 Å². The molecular formula is C6H11N3O2S. The fourth-order valence-electron chi connectivity index (χ4n) is 0.941. The van der Waals surface area contributed by atoms with E-state index >= 15 is 0 Å². The Kier molecular flexibility index (Phi) is 2.67. The van der Waals surface area contributed by atoms with Gasteiger partial charge in [-0.3, -0.25) is 0 Å². The van der Waals surface area contributed by atoms with Crippen molar-refractivity contribution in [3.63, 3.8) is 0 Å². The quantitative estimate of drug-likeness (QED) is 0.601. The molecule has 1 heterocycles. The fourth-order valence-corrected chi connectivity index (χ4v) is 1.91. The SMILES string of the molecule is CN(C1CNC1)S(=O)(=O)CC#N. The van der Waals surface area contributed by atoms with Gasteiger partial charge in [0.25, 0.3) is 0 Å². The van der Waals surface area contributed by atoms with E-state index in [0.717, 1.165) is 0 Å². The van der Waals surface area contributed by atoms with Crippen LogP contribution in [0, 0.1) is 11.3 Å². The Balaban J connectivity index is 2.62. The lowest BCUT2D eigenvalue weighted by atomic mass is 10.2. The Morgan fingerprint density at radius 2 is 2.25 bits per heavy atom. The van der Waals surface area contributed by atoms with Crippen LogP contribution in [0.3, 0.4) is 0 Å². The van der Waals surface area contributed by atoms with Gasteiger partial charge >= 0.3 is 0 Å². The van der Waals surface area contributed by atoms with E-state index in [1.807, 2.05) is 0 Å². The third kappa shape index (κ3) is 1.75. The van der Waals surface area contributed by atoms with Crippen LogP contribution in [-0.2, 0) is 10.0 Å². The number of hydrogen-bond donors (Lipinski definition) is 1. The van der Waals surface area contributed by atoms with Crippen molar-refractivity contribution in [3.8, 4) is 6.07 Å². The van der Waals surface area contributed by atoms with Gasteiger partial charge in [-0.1, -0.05) is 0 Å². The van der Waals surface area contributed by atoms with Gasteiger partial charge in [0, 0.05) is 26.2 Å². The Hall–Kier alpha value is -0.640. The van der Waals surface area contributed by atoms with Crippen LogP contribution < -0.4 is 5.32 Å². The molecule has 0 atom stereocenters. The second kappa shape index (κ2) is 3.39. The minimum atomic E-state index is -3.34. The number of hydrogen-bond acceptors (Lipinski definition) is 4. The van der Waals surface area contributed by atoms with Crippen LogP contribution in [0.5, 0.6) is 0 Å². The summed E-state index contributed by atoms with van der Waals surface area (Å²) in [5.41, 5.74) is 0. The minimum absolute atomic E-state index is 0.0309. The zero-order valence-electron chi connectivity index (χ0n) is 6.82. The molecule has 0 spiro atoms. The molecule has 12 heavy (non-hydrogen) atoms. The Morgan fingerprint density at radius 3 is 2.58 bits per heavy atom. The highest BCUT2D eigenvalue weighted by Gasteiger charge is 2.29. The molecule has 0 saturated carbocycles. The van der Waals surface area contributed by atoms with Crippen molar-refractivity contribution in [3.05, 3.63) is 0 Å². The normalized spacial score (nSPS) is 18.8. The summed E-state index contributed by atoms with van der Waals surface area (Å²) in [5.74, 6) is -0.431. The maximum absolute atomic E-state index is 11.2. The highest BCUT2D eigenvalue weighted by molar-refractivity contribution is 7.89. The highest BCUT2D eigenvalue weighted by Crippen LogP contribution is 2.07. The topological polar surface area (TPSA) is 73.2 Å². The predicted octanol–water partition coefficient (Wildman–Crippen LogP) is -1.26. The molecule has 68 valence electrons. The van der Waals surface area contributed by atoms with Crippen molar-refractivity contribution in [2.24, 2.45) is 0 Å². The molecule has 0 unspecified atom stereocenters. The monoisotopic (exact) mass is 189 g/mol. The number of nitrogens with one attached hydrogen (secondary N) is 1. The van der Waals surface area contributed by atoms with Gasteiger partial charge in [-0.2, -0.15) is 9.57 Å². The first-order valence-corrected chi connectivity index (χ1v) is 5.22. The van der Waals surface area contributed by atoms with Gasteiger partial charge in [0.05, 0.1) is 6.07 Å². The molecule has 1 N–H and O–H groups in total. The van der Waals surface area contributed by atoms with Gasteiger partial charge in [-0.15, -0.1) is 0 Å². The van der Waals surface area contributed by atoms with Gasteiger partial charge < -0.3 is 5.32 Å². The molecule has 0 aromatic carbocycles. The molecule has 0 aromatic rings. The Labute approximate surface area is 72.0 Å². The van der Waals surface area contributed by atoms with E-state index in [0.29, 0.717) is 13.1 Å². The first-order valence-electron chi connectivity index (χ1n) is 3.61. The van der Waals surface area contributed by atoms with E-state index in [4.69, 9.17) is 5.26 Å². The summed E-state index contributed by atoms with van der Waals surface area (Å²) < 4.78 is 23.8. The second-order valence-electron chi connectivity index (χ2n) is 2.74. The molecule has 1 fully saturated rings. The lowest BCUT2D eigenvalue weighted by Crippen LogP contribution is -2.57. The highest BCUT2D eigenvalue weighted by atomic mass is 32.2. The summed E-state index contributed by atoms with van der Waals surface area (Å²) in [6.45, 7) is 1.36. The molecule has 6 heteroatoms.